The predicted molar refractivity (Wildman–Crippen MR) is 152 cm³/mol. The van der Waals surface area contributed by atoms with Crippen LogP contribution in [-0.2, 0) is 25.8 Å². The molecular weight excluding hydrogens is 596 g/mol. The number of thioether (sulfide) groups is 1. The van der Waals surface area contributed by atoms with Crippen molar-refractivity contribution >= 4 is 75.6 Å². The molecule has 2 aliphatic rings. The number of carbonyl (C=O) groups is 3. The summed E-state index contributed by atoms with van der Waals surface area (Å²) in [5, 5.41) is 27.4. The molecule has 15 nitrogen and oxygen atoms in total. The molecule has 0 aliphatic carbocycles. The van der Waals surface area contributed by atoms with Crippen LogP contribution in [0.3, 0.4) is 0 Å². The van der Waals surface area contributed by atoms with Gasteiger partial charge in [-0.3, -0.25) is 14.5 Å². The van der Waals surface area contributed by atoms with Gasteiger partial charge >= 0.3 is 5.65 Å². The largest absolute Gasteiger partial charge is 0.543 e. The van der Waals surface area contributed by atoms with Crippen molar-refractivity contribution in [2.45, 2.75) is 24.4 Å². The first-order valence-corrected chi connectivity index (χ1v) is 14.1. The quantitative estimate of drug-likeness (QED) is 0.0622. The number of carboxylic acids is 1. The third-order valence-corrected chi connectivity index (χ3v) is 8.27. The number of hydrogen-bond acceptors (Lipinski definition) is 13. The van der Waals surface area contributed by atoms with Crippen LogP contribution >= 0.6 is 35.5 Å². The number of nitrogens with two attached hydrogens (primary N) is 2. The van der Waals surface area contributed by atoms with Crippen molar-refractivity contribution in [1.82, 2.24) is 24.8 Å². The van der Waals surface area contributed by atoms with Crippen LogP contribution in [-0.4, -0.2) is 80.4 Å². The highest BCUT2D eigenvalue weighted by Gasteiger charge is 2.53. The van der Waals surface area contributed by atoms with Crippen molar-refractivity contribution < 1.29 is 28.9 Å². The van der Waals surface area contributed by atoms with Gasteiger partial charge in [-0.2, -0.15) is 0 Å². The number of nitrogens with one attached hydrogen (secondary N) is 2. The molecule has 5 heterocycles. The van der Waals surface area contributed by atoms with Crippen molar-refractivity contribution in [3.05, 3.63) is 46.9 Å². The number of carbonyl (C=O) groups excluding carboxylic acids is 3. The SMILES string of the molecule is CO/N=C(\C(=O)N[C@@H]1C(=O)N2C(C(=O)[O-])=C(C[n+]3ccn4nc(NCCCN)ccc43)CS[C@H]12)c1csc(N)n1.Cl. The number of imidazole rings is 1. The molecule has 0 unspecified atom stereocenters. The number of anilines is 2. The molecule has 218 valence electrons. The van der Waals surface area contributed by atoms with E-state index >= 15 is 0 Å². The number of halogens is 1. The maximum atomic E-state index is 13.1. The molecule has 41 heavy (non-hydrogen) atoms. The molecule has 5 rings (SSSR count). The maximum absolute atomic E-state index is 13.1. The number of carboxylic acid groups (broad SMARTS) is 1. The molecule has 1 saturated heterocycles. The number of rotatable bonds is 11. The lowest BCUT2D eigenvalue weighted by molar-refractivity contribution is -0.662. The molecule has 2 amide bonds. The number of oxime groups is 1. The van der Waals surface area contributed by atoms with E-state index in [0.717, 1.165) is 28.3 Å². The molecule has 3 aromatic heterocycles. The van der Waals surface area contributed by atoms with Gasteiger partial charge in [0.25, 0.3) is 11.8 Å². The maximum Gasteiger partial charge on any atom is 0.307 e. The lowest BCUT2D eigenvalue weighted by Gasteiger charge is -2.50. The number of hydrogen-bond donors (Lipinski definition) is 4. The Morgan fingerprint density at radius 1 is 1.37 bits per heavy atom. The Morgan fingerprint density at radius 2 is 2.17 bits per heavy atom. The van der Waals surface area contributed by atoms with E-state index in [4.69, 9.17) is 16.3 Å². The van der Waals surface area contributed by atoms with Gasteiger partial charge in [-0.15, -0.1) is 35.5 Å². The zero-order chi connectivity index (χ0) is 28.4. The summed E-state index contributed by atoms with van der Waals surface area (Å²) in [6, 6.07) is 2.73. The van der Waals surface area contributed by atoms with E-state index in [1.807, 2.05) is 16.7 Å². The highest BCUT2D eigenvalue weighted by molar-refractivity contribution is 8.00. The van der Waals surface area contributed by atoms with Crippen molar-refractivity contribution in [2.24, 2.45) is 10.9 Å². The molecule has 0 radical (unpaired) electrons. The molecule has 0 saturated carbocycles. The van der Waals surface area contributed by atoms with Gasteiger partial charge in [0, 0.05) is 29.3 Å². The normalized spacial score (nSPS) is 18.4. The standard InChI is InChI=1S/C23H26N10O5S2.ClH/c1-38-30-16(13-11-40-23(25)27-13)19(34)28-17-20(35)33-18(22(36)37)12(10-39-21(17)33)9-31-7-8-32-15(31)4-3-14(29-32)26-6-2-5-24;/h3-4,7-8,11,17,21H,2,5-6,9-10,24H2,1H3,(H4-,25,26,27,28,29,34,36,37);1H/b30-16-;/t17-,21-;/m1./s1. The predicted octanol–water partition coefficient (Wildman–Crippen LogP) is -1.70. The Hall–Kier alpha value is -3.93. The minimum Gasteiger partial charge on any atom is -0.543 e. The van der Waals surface area contributed by atoms with Crippen LogP contribution in [0.1, 0.15) is 12.1 Å². The Labute approximate surface area is 248 Å². The summed E-state index contributed by atoms with van der Waals surface area (Å²) in [5.41, 5.74) is 12.3. The topological polar surface area (TPSA) is 209 Å². The summed E-state index contributed by atoms with van der Waals surface area (Å²) in [4.78, 5) is 48.2. The van der Waals surface area contributed by atoms with E-state index in [-0.39, 0.29) is 41.2 Å². The molecule has 2 atom stereocenters. The number of fused-ring (bicyclic) bond motifs is 2. The minimum absolute atomic E-state index is 0. The molecule has 6 N–H and O–H groups in total. The van der Waals surface area contributed by atoms with Crippen LogP contribution in [0.25, 0.3) is 5.65 Å². The molecule has 18 heteroatoms. The fraction of sp³-hybridized carbons (Fsp3) is 0.348. The third kappa shape index (κ3) is 5.92. The summed E-state index contributed by atoms with van der Waals surface area (Å²) >= 11 is 2.46. The second-order valence-corrected chi connectivity index (χ2v) is 10.8. The van der Waals surface area contributed by atoms with E-state index < -0.39 is 29.2 Å². The van der Waals surface area contributed by atoms with E-state index in [2.05, 4.69) is 25.9 Å². The van der Waals surface area contributed by atoms with Gasteiger partial charge in [0.2, 0.25) is 0 Å². The smallest absolute Gasteiger partial charge is 0.307 e. The van der Waals surface area contributed by atoms with Gasteiger partial charge in [0.05, 0.1) is 11.7 Å². The Balaban J connectivity index is 0.00000387. The number of aliphatic carboxylic acids is 1. The van der Waals surface area contributed by atoms with Crippen LogP contribution in [0.4, 0.5) is 10.9 Å². The Kier molecular flexibility index (Phi) is 9.31. The van der Waals surface area contributed by atoms with E-state index in [9.17, 15) is 19.5 Å². The molecule has 2 aliphatic heterocycles. The zero-order valence-electron chi connectivity index (χ0n) is 21.7. The summed E-state index contributed by atoms with van der Waals surface area (Å²) < 4.78 is 3.52. The number of aromatic nitrogens is 4. The van der Waals surface area contributed by atoms with Gasteiger partial charge in [0.15, 0.2) is 22.9 Å². The second kappa shape index (κ2) is 12.7. The number of nitrogens with zero attached hydrogens (tertiary/aromatic N) is 6. The highest BCUT2D eigenvalue weighted by Crippen LogP contribution is 2.40. The summed E-state index contributed by atoms with van der Waals surface area (Å²) in [7, 11) is 1.27. The lowest BCUT2D eigenvalue weighted by atomic mass is 10.0. The van der Waals surface area contributed by atoms with Crippen molar-refractivity contribution in [3.63, 3.8) is 0 Å². The van der Waals surface area contributed by atoms with Gasteiger partial charge < -0.3 is 36.8 Å². The van der Waals surface area contributed by atoms with Crippen LogP contribution < -0.4 is 31.8 Å². The highest BCUT2D eigenvalue weighted by atomic mass is 35.5. The molecule has 0 bridgehead atoms. The van der Waals surface area contributed by atoms with Crippen molar-refractivity contribution in [1.29, 1.82) is 0 Å². The van der Waals surface area contributed by atoms with Crippen LogP contribution in [0.2, 0.25) is 0 Å². The monoisotopic (exact) mass is 622 g/mol. The van der Waals surface area contributed by atoms with Gasteiger partial charge in [-0.05, 0) is 19.0 Å². The molecular formula is C23H27ClN10O5S2. The summed E-state index contributed by atoms with van der Waals surface area (Å²) in [6.45, 7) is 1.48. The summed E-state index contributed by atoms with van der Waals surface area (Å²) in [6.07, 6.45) is 4.36. The first-order chi connectivity index (χ1) is 19.3. The second-order valence-electron chi connectivity index (χ2n) is 8.81. The third-order valence-electron chi connectivity index (χ3n) is 6.26. The Bertz CT molecular complexity index is 1540. The first-order valence-electron chi connectivity index (χ1n) is 12.2. The number of amides is 2. The van der Waals surface area contributed by atoms with E-state index in [1.165, 1.54) is 24.3 Å². The molecule has 3 aromatic rings. The fourth-order valence-electron chi connectivity index (χ4n) is 4.43. The van der Waals surface area contributed by atoms with Crippen molar-refractivity contribution in [3.8, 4) is 0 Å². The van der Waals surface area contributed by atoms with Gasteiger partial charge in [-0.1, -0.05) is 14.8 Å². The molecule has 0 spiro atoms. The number of thiazole rings is 1. The van der Waals surface area contributed by atoms with Crippen LogP contribution in [0, 0.1) is 0 Å². The average Bonchev–Trinajstić information content (AvgIpc) is 3.55. The number of nitrogen functional groups attached to an aromatic ring is 1. The zero-order valence-corrected chi connectivity index (χ0v) is 24.1. The van der Waals surface area contributed by atoms with E-state index in [0.29, 0.717) is 30.2 Å². The van der Waals surface area contributed by atoms with Gasteiger partial charge in [-0.25, -0.2) is 9.55 Å². The lowest BCUT2D eigenvalue weighted by Crippen LogP contribution is -2.71. The molecule has 0 aromatic carbocycles. The average molecular weight is 623 g/mol. The number of β-lactam (4-membered cyclic amide) rings is 1. The van der Waals surface area contributed by atoms with E-state index in [1.54, 1.807) is 16.9 Å². The minimum atomic E-state index is -1.47. The fourth-order valence-corrected chi connectivity index (χ4v) is 6.32. The van der Waals surface area contributed by atoms with Crippen LogP contribution in [0.5, 0.6) is 0 Å². The van der Waals surface area contributed by atoms with Crippen LogP contribution in [0.15, 0.2) is 46.3 Å². The Morgan fingerprint density at radius 3 is 2.85 bits per heavy atom. The molecule has 1 fully saturated rings. The first kappa shape index (κ1) is 30.0. The van der Waals surface area contributed by atoms with Gasteiger partial charge in [0.1, 0.15) is 37.0 Å². The van der Waals surface area contributed by atoms with Crippen molar-refractivity contribution in [2.75, 3.05) is 37.0 Å². The summed E-state index contributed by atoms with van der Waals surface area (Å²) in [5.74, 6) is -1.74.